The van der Waals surface area contributed by atoms with Crippen molar-refractivity contribution in [3.63, 3.8) is 0 Å². The molecule has 0 aliphatic heterocycles. The standard InChI is InChI=1S/C17H28N2O.ClH/c1-17(2,3)15-10-8-14(9-11-15)6-4-5-7-16(20)19-13-12-18;/h8-11H,4-7,12-13,18H2,1-3H3,(H,19,20);1H. The van der Waals surface area contributed by atoms with Gasteiger partial charge in [-0.25, -0.2) is 0 Å². The van der Waals surface area contributed by atoms with Gasteiger partial charge >= 0.3 is 0 Å². The smallest absolute Gasteiger partial charge is 0.220 e. The summed E-state index contributed by atoms with van der Waals surface area (Å²) in [6.45, 7) is 7.75. The van der Waals surface area contributed by atoms with Crippen molar-refractivity contribution in [2.45, 2.75) is 51.9 Å². The molecule has 1 aromatic rings. The van der Waals surface area contributed by atoms with E-state index in [9.17, 15) is 4.79 Å². The lowest BCUT2D eigenvalue weighted by Crippen LogP contribution is -2.28. The molecule has 0 aliphatic rings. The van der Waals surface area contributed by atoms with E-state index in [0.717, 1.165) is 19.3 Å². The Bertz CT molecular complexity index is 410. The van der Waals surface area contributed by atoms with Crippen molar-refractivity contribution >= 4 is 18.3 Å². The number of carbonyl (C=O) groups excluding carboxylic acids is 1. The molecule has 0 aliphatic carbocycles. The third-order valence-electron chi connectivity index (χ3n) is 3.41. The Morgan fingerprint density at radius 2 is 1.76 bits per heavy atom. The first-order valence-electron chi connectivity index (χ1n) is 7.49. The van der Waals surface area contributed by atoms with Crippen LogP contribution in [0.4, 0.5) is 0 Å². The van der Waals surface area contributed by atoms with Gasteiger partial charge < -0.3 is 11.1 Å². The van der Waals surface area contributed by atoms with Crippen LogP contribution in [0.3, 0.4) is 0 Å². The van der Waals surface area contributed by atoms with Crippen molar-refractivity contribution < 1.29 is 4.79 Å². The Kier molecular flexibility index (Phi) is 9.31. The van der Waals surface area contributed by atoms with Crippen LogP contribution in [0.2, 0.25) is 0 Å². The van der Waals surface area contributed by atoms with E-state index in [-0.39, 0.29) is 23.7 Å². The molecule has 21 heavy (non-hydrogen) atoms. The molecule has 0 unspecified atom stereocenters. The zero-order valence-electron chi connectivity index (χ0n) is 13.4. The molecule has 4 heteroatoms. The van der Waals surface area contributed by atoms with Gasteiger partial charge in [-0.2, -0.15) is 0 Å². The highest BCUT2D eigenvalue weighted by atomic mass is 35.5. The van der Waals surface area contributed by atoms with Crippen LogP contribution in [0.15, 0.2) is 24.3 Å². The minimum Gasteiger partial charge on any atom is -0.355 e. The van der Waals surface area contributed by atoms with Gasteiger partial charge in [-0.3, -0.25) is 4.79 Å². The summed E-state index contributed by atoms with van der Waals surface area (Å²) in [5, 5.41) is 2.79. The van der Waals surface area contributed by atoms with Crippen LogP contribution in [-0.2, 0) is 16.6 Å². The number of aryl methyl sites for hydroxylation is 1. The van der Waals surface area contributed by atoms with Crippen molar-refractivity contribution in [3.05, 3.63) is 35.4 Å². The fourth-order valence-corrected chi connectivity index (χ4v) is 2.09. The molecule has 0 spiro atoms. The third-order valence-corrected chi connectivity index (χ3v) is 3.41. The highest BCUT2D eigenvalue weighted by Gasteiger charge is 2.12. The molecule has 3 N–H and O–H groups in total. The van der Waals surface area contributed by atoms with E-state index in [1.165, 1.54) is 11.1 Å². The number of unbranched alkanes of at least 4 members (excludes halogenated alkanes) is 1. The van der Waals surface area contributed by atoms with Gasteiger partial charge in [0.25, 0.3) is 0 Å². The molecule has 0 radical (unpaired) electrons. The molecule has 0 bridgehead atoms. The molecule has 1 amide bonds. The quantitative estimate of drug-likeness (QED) is 0.760. The number of nitrogens with two attached hydrogens (primary N) is 1. The highest BCUT2D eigenvalue weighted by molar-refractivity contribution is 5.85. The van der Waals surface area contributed by atoms with Crippen molar-refractivity contribution in [2.75, 3.05) is 13.1 Å². The number of halogens is 1. The minimum absolute atomic E-state index is 0. The van der Waals surface area contributed by atoms with Crippen LogP contribution in [0.5, 0.6) is 0 Å². The molecule has 3 nitrogen and oxygen atoms in total. The average molecular weight is 313 g/mol. The summed E-state index contributed by atoms with van der Waals surface area (Å²) >= 11 is 0. The maximum Gasteiger partial charge on any atom is 0.220 e. The number of benzene rings is 1. The molecule has 0 heterocycles. The first-order valence-corrected chi connectivity index (χ1v) is 7.49. The summed E-state index contributed by atoms with van der Waals surface area (Å²) in [5.41, 5.74) is 8.25. The second-order valence-corrected chi connectivity index (χ2v) is 6.29. The Hall–Kier alpha value is -1.06. The normalized spacial score (nSPS) is 10.9. The van der Waals surface area contributed by atoms with Gasteiger partial charge in [0.05, 0.1) is 0 Å². The van der Waals surface area contributed by atoms with Crippen molar-refractivity contribution in [1.29, 1.82) is 0 Å². The number of hydrogen-bond acceptors (Lipinski definition) is 2. The summed E-state index contributed by atoms with van der Waals surface area (Å²) in [4.78, 5) is 11.4. The van der Waals surface area contributed by atoms with Gasteiger partial charge in [0.15, 0.2) is 0 Å². The largest absolute Gasteiger partial charge is 0.355 e. The third kappa shape index (κ3) is 8.08. The Morgan fingerprint density at radius 1 is 1.14 bits per heavy atom. The van der Waals surface area contributed by atoms with E-state index < -0.39 is 0 Å². The Balaban J connectivity index is 0.00000400. The number of carbonyl (C=O) groups is 1. The van der Waals surface area contributed by atoms with Crippen LogP contribution in [-0.4, -0.2) is 19.0 Å². The van der Waals surface area contributed by atoms with Crippen LogP contribution >= 0.6 is 12.4 Å². The molecule has 1 aromatic carbocycles. The van der Waals surface area contributed by atoms with E-state index in [1.54, 1.807) is 0 Å². The maximum absolute atomic E-state index is 11.4. The van der Waals surface area contributed by atoms with Gasteiger partial charge in [0.2, 0.25) is 5.91 Å². The predicted molar refractivity (Wildman–Crippen MR) is 92.0 cm³/mol. The van der Waals surface area contributed by atoms with Gasteiger partial charge in [-0.05, 0) is 35.8 Å². The number of nitrogens with one attached hydrogen (secondary N) is 1. The summed E-state index contributed by atoms with van der Waals surface area (Å²) in [5.74, 6) is 0.110. The lowest BCUT2D eigenvalue weighted by atomic mass is 9.86. The van der Waals surface area contributed by atoms with Gasteiger partial charge in [0, 0.05) is 19.5 Å². The van der Waals surface area contributed by atoms with Gasteiger partial charge in [0.1, 0.15) is 0 Å². The molecular formula is C17H29ClN2O. The number of hydrogen-bond donors (Lipinski definition) is 2. The number of amides is 1. The first-order chi connectivity index (χ1) is 9.43. The predicted octanol–water partition coefficient (Wildman–Crippen LogP) is 3.19. The monoisotopic (exact) mass is 312 g/mol. The van der Waals surface area contributed by atoms with Crippen molar-refractivity contribution in [1.82, 2.24) is 5.32 Å². The summed E-state index contributed by atoms with van der Waals surface area (Å²) < 4.78 is 0. The van der Waals surface area contributed by atoms with Gasteiger partial charge in [-0.15, -0.1) is 12.4 Å². The average Bonchev–Trinajstić information content (AvgIpc) is 2.41. The van der Waals surface area contributed by atoms with E-state index in [2.05, 4.69) is 50.4 Å². The molecule has 120 valence electrons. The highest BCUT2D eigenvalue weighted by Crippen LogP contribution is 2.22. The zero-order chi connectivity index (χ0) is 15.0. The van der Waals surface area contributed by atoms with Crippen molar-refractivity contribution in [3.8, 4) is 0 Å². The van der Waals surface area contributed by atoms with E-state index in [4.69, 9.17) is 5.73 Å². The SMILES string of the molecule is CC(C)(C)c1ccc(CCCCC(=O)NCCN)cc1.Cl. The van der Waals surface area contributed by atoms with Gasteiger partial charge in [-0.1, -0.05) is 45.0 Å². The zero-order valence-corrected chi connectivity index (χ0v) is 14.3. The Labute approximate surface area is 135 Å². The molecule has 0 saturated carbocycles. The summed E-state index contributed by atoms with van der Waals surface area (Å²) in [7, 11) is 0. The number of rotatable bonds is 7. The van der Waals surface area contributed by atoms with E-state index in [1.807, 2.05) is 0 Å². The summed E-state index contributed by atoms with van der Waals surface area (Å²) in [6, 6.07) is 8.83. The second kappa shape index (κ2) is 9.80. The van der Waals surface area contributed by atoms with Crippen LogP contribution in [0.1, 0.15) is 51.2 Å². The molecular weight excluding hydrogens is 284 g/mol. The molecule has 0 fully saturated rings. The second-order valence-electron chi connectivity index (χ2n) is 6.29. The first kappa shape index (κ1) is 19.9. The lowest BCUT2D eigenvalue weighted by molar-refractivity contribution is -0.121. The van der Waals surface area contributed by atoms with Crippen molar-refractivity contribution in [2.24, 2.45) is 5.73 Å². The van der Waals surface area contributed by atoms with Crippen LogP contribution in [0.25, 0.3) is 0 Å². The molecule has 0 saturated heterocycles. The molecule has 1 rings (SSSR count). The van der Waals surface area contributed by atoms with Crippen LogP contribution in [0, 0.1) is 0 Å². The van der Waals surface area contributed by atoms with E-state index >= 15 is 0 Å². The molecule has 0 atom stereocenters. The Morgan fingerprint density at radius 3 is 2.29 bits per heavy atom. The summed E-state index contributed by atoms with van der Waals surface area (Å²) in [6.07, 6.45) is 3.61. The maximum atomic E-state index is 11.4. The lowest BCUT2D eigenvalue weighted by Gasteiger charge is -2.19. The molecule has 0 aromatic heterocycles. The topological polar surface area (TPSA) is 55.1 Å². The van der Waals surface area contributed by atoms with E-state index in [0.29, 0.717) is 19.5 Å². The van der Waals surface area contributed by atoms with Crippen LogP contribution < -0.4 is 11.1 Å². The minimum atomic E-state index is 0. The fourth-order valence-electron chi connectivity index (χ4n) is 2.09. The fraction of sp³-hybridized carbons (Fsp3) is 0.588.